The molecular formula is C7H8ClN5. The van der Waals surface area contributed by atoms with Gasteiger partial charge in [-0.3, -0.25) is 0 Å². The Kier molecular flexibility index (Phi) is 2.03. The Balaban J connectivity index is 2.34. The van der Waals surface area contributed by atoms with E-state index in [2.05, 4.69) is 15.5 Å². The molecule has 2 heterocycles. The lowest BCUT2D eigenvalue weighted by molar-refractivity contribution is 0.744. The van der Waals surface area contributed by atoms with Crippen LogP contribution in [-0.4, -0.2) is 17.7 Å². The van der Waals surface area contributed by atoms with Gasteiger partial charge >= 0.3 is 0 Å². The van der Waals surface area contributed by atoms with Crippen molar-refractivity contribution >= 4 is 29.3 Å². The Morgan fingerprint density at radius 3 is 3.08 bits per heavy atom. The fraction of sp³-hybridized carbons (Fsp3) is 0.143. The van der Waals surface area contributed by atoms with Crippen LogP contribution in [0.25, 0.3) is 0 Å². The first-order chi connectivity index (χ1) is 6.27. The van der Waals surface area contributed by atoms with Crippen molar-refractivity contribution in [1.29, 1.82) is 0 Å². The summed E-state index contributed by atoms with van der Waals surface area (Å²) in [7, 11) is 0. The molecule has 0 bridgehead atoms. The number of anilines is 2. The zero-order valence-corrected chi connectivity index (χ0v) is 7.49. The highest BCUT2D eigenvalue weighted by Crippen LogP contribution is 2.24. The number of hydrogen-bond donors (Lipinski definition) is 2. The second kappa shape index (κ2) is 3.20. The first-order valence-electron chi connectivity index (χ1n) is 3.74. The molecular weight excluding hydrogens is 190 g/mol. The predicted octanol–water partition coefficient (Wildman–Crippen LogP) is 0.628. The van der Waals surface area contributed by atoms with Crippen LogP contribution in [0, 0.1) is 0 Å². The first kappa shape index (κ1) is 8.28. The summed E-state index contributed by atoms with van der Waals surface area (Å²) < 4.78 is 0. The molecule has 0 atom stereocenters. The third-order valence-electron chi connectivity index (χ3n) is 1.57. The Morgan fingerprint density at radius 2 is 2.46 bits per heavy atom. The first-order valence-corrected chi connectivity index (χ1v) is 4.12. The molecule has 0 saturated heterocycles. The van der Waals surface area contributed by atoms with Crippen LogP contribution in [0.3, 0.4) is 0 Å². The molecule has 1 aliphatic heterocycles. The van der Waals surface area contributed by atoms with Crippen LogP contribution >= 0.6 is 11.6 Å². The molecule has 0 unspecified atom stereocenters. The number of hydrazone groups is 1. The van der Waals surface area contributed by atoms with E-state index < -0.39 is 0 Å². The molecule has 0 radical (unpaired) electrons. The Hall–Kier alpha value is -1.33. The number of hydrazine groups is 1. The highest BCUT2D eigenvalue weighted by Gasteiger charge is 2.13. The average molecular weight is 198 g/mol. The van der Waals surface area contributed by atoms with E-state index in [4.69, 9.17) is 17.3 Å². The van der Waals surface area contributed by atoms with Gasteiger partial charge in [0.1, 0.15) is 0 Å². The number of nitrogens with two attached hydrogens (primary N) is 1. The Labute approximate surface area is 80.2 Å². The van der Waals surface area contributed by atoms with Crippen LogP contribution in [0.4, 0.5) is 11.5 Å². The maximum atomic E-state index is 5.91. The number of nitrogen functional groups attached to an aromatic ring is 1. The topological polar surface area (TPSA) is 66.5 Å². The van der Waals surface area contributed by atoms with Crippen molar-refractivity contribution in [3.05, 3.63) is 17.3 Å². The van der Waals surface area contributed by atoms with E-state index in [0.29, 0.717) is 23.1 Å². The summed E-state index contributed by atoms with van der Waals surface area (Å²) in [6.07, 6.45) is 3.27. The lowest BCUT2D eigenvalue weighted by Crippen LogP contribution is -2.29. The van der Waals surface area contributed by atoms with Gasteiger partial charge in [0.05, 0.1) is 23.5 Å². The van der Waals surface area contributed by atoms with Gasteiger partial charge in [0, 0.05) is 6.21 Å². The summed E-state index contributed by atoms with van der Waals surface area (Å²) in [4.78, 5) is 4.05. The van der Waals surface area contributed by atoms with Crippen LogP contribution in [0.15, 0.2) is 17.4 Å². The molecule has 68 valence electrons. The minimum Gasteiger partial charge on any atom is -0.397 e. The van der Waals surface area contributed by atoms with Crippen molar-refractivity contribution in [3.8, 4) is 0 Å². The molecule has 6 heteroatoms. The molecule has 13 heavy (non-hydrogen) atoms. The molecule has 0 saturated carbocycles. The molecule has 0 aromatic carbocycles. The average Bonchev–Trinajstić information content (AvgIpc) is 2.56. The van der Waals surface area contributed by atoms with Gasteiger partial charge in [0.25, 0.3) is 0 Å². The zero-order valence-electron chi connectivity index (χ0n) is 6.74. The molecule has 3 N–H and O–H groups in total. The maximum Gasteiger partial charge on any atom is 0.185 e. The summed E-state index contributed by atoms with van der Waals surface area (Å²) in [5, 5.41) is 6.00. The molecule has 0 amide bonds. The zero-order chi connectivity index (χ0) is 9.26. The van der Waals surface area contributed by atoms with Crippen LogP contribution < -0.4 is 16.3 Å². The van der Waals surface area contributed by atoms with E-state index in [1.807, 2.05) is 0 Å². The molecule has 5 nitrogen and oxygen atoms in total. The summed E-state index contributed by atoms with van der Waals surface area (Å²) in [6, 6.07) is 1.64. The molecule has 1 aromatic heterocycles. The van der Waals surface area contributed by atoms with Gasteiger partial charge in [-0.05, 0) is 6.07 Å². The monoisotopic (exact) mass is 197 g/mol. The van der Waals surface area contributed by atoms with Gasteiger partial charge in [-0.25, -0.2) is 10.4 Å². The number of halogens is 1. The van der Waals surface area contributed by atoms with Crippen LogP contribution in [0.1, 0.15) is 0 Å². The van der Waals surface area contributed by atoms with Crippen molar-refractivity contribution in [2.24, 2.45) is 5.10 Å². The molecule has 0 spiro atoms. The van der Waals surface area contributed by atoms with Gasteiger partial charge in [-0.2, -0.15) is 10.2 Å². The highest BCUT2D eigenvalue weighted by molar-refractivity contribution is 6.33. The summed E-state index contributed by atoms with van der Waals surface area (Å²) in [6.45, 7) is 0.683. The van der Waals surface area contributed by atoms with E-state index in [0.717, 1.165) is 0 Å². The van der Waals surface area contributed by atoms with Crippen molar-refractivity contribution in [2.45, 2.75) is 0 Å². The number of nitrogens with zero attached hydrogens (tertiary/aromatic N) is 3. The predicted molar refractivity (Wildman–Crippen MR) is 52.6 cm³/mol. The van der Waals surface area contributed by atoms with Crippen LogP contribution in [-0.2, 0) is 0 Å². The summed E-state index contributed by atoms with van der Waals surface area (Å²) >= 11 is 5.91. The summed E-state index contributed by atoms with van der Waals surface area (Å²) in [5.41, 5.74) is 9.00. The van der Waals surface area contributed by atoms with Crippen molar-refractivity contribution < 1.29 is 0 Å². The van der Waals surface area contributed by atoms with Gasteiger partial charge in [0.2, 0.25) is 0 Å². The molecule has 1 aromatic rings. The van der Waals surface area contributed by atoms with Crippen LogP contribution in [0.2, 0.25) is 5.02 Å². The Bertz CT molecular complexity index is 351. The van der Waals surface area contributed by atoms with E-state index in [-0.39, 0.29) is 0 Å². The largest absolute Gasteiger partial charge is 0.397 e. The van der Waals surface area contributed by atoms with E-state index in [1.54, 1.807) is 12.3 Å². The van der Waals surface area contributed by atoms with Crippen molar-refractivity contribution in [2.75, 3.05) is 17.4 Å². The minimum atomic E-state index is 0.478. The fourth-order valence-electron chi connectivity index (χ4n) is 1.02. The lowest BCUT2D eigenvalue weighted by atomic mass is 10.4. The second-order valence-corrected chi connectivity index (χ2v) is 2.95. The number of hydrogen-bond acceptors (Lipinski definition) is 5. The Morgan fingerprint density at radius 1 is 1.62 bits per heavy atom. The van der Waals surface area contributed by atoms with Gasteiger partial charge in [0.15, 0.2) is 5.82 Å². The second-order valence-electron chi connectivity index (χ2n) is 2.55. The van der Waals surface area contributed by atoms with Gasteiger partial charge in [-0.15, -0.1) is 0 Å². The SMILES string of the molecule is Nc1cnc(N2N=CCN2)c(Cl)c1. The van der Waals surface area contributed by atoms with E-state index in [1.165, 1.54) is 11.3 Å². The number of nitrogens with one attached hydrogen (secondary N) is 1. The third kappa shape index (κ3) is 1.56. The van der Waals surface area contributed by atoms with Crippen LogP contribution in [0.5, 0.6) is 0 Å². The smallest absolute Gasteiger partial charge is 0.185 e. The molecule has 2 rings (SSSR count). The van der Waals surface area contributed by atoms with Gasteiger partial charge in [-0.1, -0.05) is 11.6 Å². The lowest BCUT2D eigenvalue weighted by Gasteiger charge is -2.13. The van der Waals surface area contributed by atoms with Gasteiger partial charge < -0.3 is 5.73 Å². The number of rotatable bonds is 1. The van der Waals surface area contributed by atoms with E-state index in [9.17, 15) is 0 Å². The van der Waals surface area contributed by atoms with Crippen molar-refractivity contribution in [1.82, 2.24) is 10.4 Å². The molecule has 0 fully saturated rings. The number of pyridine rings is 1. The molecule has 0 aliphatic carbocycles. The number of aromatic nitrogens is 1. The van der Waals surface area contributed by atoms with E-state index >= 15 is 0 Å². The standard InChI is InChI=1S/C7H8ClN5/c8-6-3-5(9)4-10-7(6)13-11-1-2-12-13/h1,3-4,12H,2,9H2. The summed E-state index contributed by atoms with van der Waals surface area (Å²) in [5.74, 6) is 0.560. The molecule has 1 aliphatic rings. The minimum absolute atomic E-state index is 0.478. The van der Waals surface area contributed by atoms with Crippen molar-refractivity contribution in [3.63, 3.8) is 0 Å². The quantitative estimate of drug-likeness (QED) is 0.693. The fourth-order valence-corrected chi connectivity index (χ4v) is 1.28. The maximum absolute atomic E-state index is 5.91. The normalized spacial score (nSPS) is 15.3. The third-order valence-corrected chi connectivity index (χ3v) is 1.85. The highest BCUT2D eigenvalue weighted by atomic mass is 35.5.